The van der Waals surface area contributed by atoms with E-state index in [9.17, 15) is 14.0 Å². The summed E-state index contributed by atoms with van der Waals surface area (Å²) in [5.41, 5.74) is 5.08. The van der Waals surface area contributed by atoms with Crippen LogP contribution in [-0.2, 0) is 11.8 Å². The Balaban J connectivity index is 1.11. The number of fused-ring (bicyclic) bond motifs is 2. The van der Waals surface area contributed by atoms with Gasteiger partial charge in [0.2, 0.25) is 5.91 Å². The normalized spacial score (nSPS) is 18.8. The number of hydrogen-bond donors (Lipinski definition) is 1. The first-order valence-corrected chi connectivity index (χ1v) is 14.5. The van der Waals surface area contributed by atoms with Crippen molar-refractivity contribution in [3.05, 3.63) is 83.9 Å². The summed E-state index contributed by atoms with van der Waals surface area (Å²) in [6.07, 6.45) is 10.1. The highest BCUT2D eigenvalue weighted by molar-refractivity contribution is 6.09. The lowest BCUT2D eigenvalue weighted by Crippen LogP contribution is -2.13. The van der Waals surface area contributed by atoms with Crippen LogP contribution in [0.15, 0.2) is 67.0 Å². The molecule has 0 bridgehead atoms. The Bertz CT molecular complexity index is 1800. The van der Waals surface area contributed by atoms with Crippen molar-refractivity contribution in [3.8, 4) is 11.3 Å². The third kappa shape index (κ3) is 5.03. The van der Waals surface area contributed by atoms with Crippen LogP contribution in [0.4, 0.5) is 10.2 Å². The predicted molar refractivity (Wildman–Crippen MR) is 156 cm³/mol. The fourth-order valence-electron chi connectivity index (χ4n) is 6.46. The molecule has 0 saturated heterocycles. The summed E-state index contributed by atoms with van der Waals surface area (Å²) in [5, 5.41) is 8.22. The molecule has 0 spiro atoms. The van der Waals surface area contributed by atoms with Gasteiger partial charge in [0.05, 0.1) is 5.69 Å². The molecule has 8 heteroatoms. The zero-order valence-electron chi connectivity index (χ0n) is 23.0. The van der Waals surface area contributed by atoms with Gasteiger partial charge in [-0.15, -0.1) is 5.10 Å². The summed E-state index contributed by atoms with van der Waals surface area (Å²) in [5.74, 6) is 1.25. The van der Waals surface area contributed by atoms with E-state index in [1.54, 1.807) is 22.7 Å². The van der Waals surface area contributed by atoms with Crippen molar-refractivity contribution >= 4 is 34.1 Å². The molecule has 1 N–H and O–H groups in total. The number of anilines is 1. The lowest BCUT2D eigenvalue weighted by molar-refractivity contribution is -0.117. The molecule has 1 amide bonds. The number of ketones is 1. The van der Waals surface area contributed by atoms with Crippen LogP contribution in [0, 0.1) is 17.7 Å². The number of hydrogen-bond acceptors (Lipinski definition) is 4. The van der Waals surface area contributed by atoms with Crippen molar-refractivity contribution < 1.29 is 14.0 Å². The van der Waals surface area contributed by atoms with Gasteiger partial charge < -0.3 is 9.88 Å². The van der Waals surface area contributed by atoms with Crippen molar-refractivity contribution in [2.24, 2.45) is 18.9 Å². The quantitative estimate of drug-likeness (QED) is 0.213. The van der Waals surface area contributed by atoms with Crippen LogP contribution in [-0.4, -0.2) is 30.9 Å². The Morgan fingerprint density at radius 1 is 1.05 bits per heavy atom. The predicted octanol–water partition coefficient (Wildman–Crippen LogP) is 6.92. The molecular formula is C33H32FN5O2. The molecule has 208 valence electrons. The molecule has 7 nitrogen and oxygen atoms in total. The maximum Gasteiger partial charge on any atom is 0.228 e. The first kappa shape index (κ1) is 25.6. The summed E-state index contributed by atoms with van der Waals surface area (Å²) in [6.45, 7) is 0. The number of carbonyl (C=O) groups is 2. The van der Waals surface area contributed by atoms with Gasteiger partial charge >= 0.3 is 0 Å². The highest BCUT2D eigenvalue weighted by Gasteiger charge is 2.31. The summed E-state index contributed by atoms with van der Waals surface area (Å²) in [7, 11) is 1.96. The first-order chi connectivity index (χ1) is 19.9. The van der Waals surface area contributed by atoms with Gasteiger partial charge in [0.1, 0.15) is 5.82 Å². The largest absolute Gasteiger partial charge is 0.350 e. The van der Waals surface area contributed by atoms with Crippen LogP contribution >= 0.6 is 0 Å². The zero-order valence-corrected chi connectivity index (χ0v) is 23.0. The molecule has 0 aliphatic heterocycles. The number of benzene rings is 2. The molecule has 2 fully saturated rings. The maximum atomic E-state index is 13.9. The van der Waals surface area contributed by atoms with Crippen LogP contribution in [0.1, 0.15) is 66.8 Å². The molecule has 2 aliphatic carbocycles. The van der Waals surface area contributed by atoms with Gasteiger partial charge in [-0.1, -0.05) is 24.6 Å². The van der Waals surface area contributed by atoms with Gasteiger partial charge in [-0.3, -0.25) is 9.59 Å². The summed E-state index contributed by atoms with van der Waals surface area (Å²) < 4.78 is 17.5. The van der Waals surface area contributed by atoms with E-state index in [0.717, 1.165) is 71.8 Å². The number of halogens is 1. The van der Waals surface area contributed by atoms with E-state index in [4.69, 9.17) is 4.98 Å². The molecule has 0 radical (unpaired) electrons. The lowest BCUT2D eigenvalue weighted by Gasteiger charge is -2.19. The summed E-state index contributed by atoms with van der Waals surface area (Å²) >= 11 is 0. The average molecular weight is 550 g/mol. The minimum atomic E-state index is -0.196. The Morgan fingerprint density at radius 2 is 1.93 bits per heavy atom. The molecule has 3 aromatic heterocycles. The summed E-state index contributed by atoms with van der Waals surface area (Å²) in [4.78, 5) is 30.5. The number of nitrogens with one attached hydrogen (secondary N) is 1. The van der Waals surface area contributed by atoms with Gasteiger partial charge in [0, 0.05) is 59.9 Å². The van der Waals surface area contributed by atoms with Crippen LogP contribution in [0.25, 0.3) is 27.8 Å². The second-order valence-corrected chi connectivity index (χ2v) is 11.6. The number of carbonyl (C=O) groups excluding carboxylic acids is 2. The lowest BCUT2D eigenvalue weighted by atomic mass is 9.85. The minimum absolute atomic E-state index is 0.0118. The number of Topliss-reactive ketones (excluding diaryl/α,β-unsaturated/α-hetero) is 1. The van der Waals surface area contributed by atoms with Crippen molar-refractivity contribution in [2.45, 2.75) is 50.9 Å². The summed E-state index contributed by atoms with van der Waals surface area (Å²) in [6, 6.07) is 16.7. The van der Waals surface area contributed by atoms with Gasteiger partial charge in [-0.2, -0.15) is 0 Å². The Morgan fingerprint density at radius 3 is 2.76 bits per heavy atom. The van der Waals surface area contributed by atoms with Crippen molar-refractivity contribution in [3.63, 3.8) is 0 Å². The van der Waals surface area contributed by atoms with Crippen LogP contribution in [0.5, 0.6) is 0 Å². The fourth-order valence-corrected chi connectivity index (χ4v) is 6.46. The molecule has 41 heavy (non-hydrogen) atoms. The second-order valence-electron chi connectivity index (χ2n) is 11.6. The number of aromatic nitrogens is 4. The van der Waals surface area contributed by atoms with Crippen LogP contribution in [0.3, 0.4) is 0 Å². The van der Waals surface area contributed by atoms with Gasteiger partial charge in [0.15, 0.2) is 17.2 Å². The standard InChI is InChI=1S/C33H32FN5O2/c1-38-19-27(30(40)13-11-20-4-3-7-25(20)22-5-2-6-24(34)16-22)26-17-23(10-12-29(26)38)28-14-15-39-32(35-28)18-31(37-39)36-33(41)21-8-9-21/h2,5-6,10,12,14-21,25H,3-4,7-9,11,13H2,1H3,(H,36,37,41). The minimum Gasteiger partial charge on any atom is -0.350 e. The number of aryl methyl sites for hydroxylation is 1. The SMILES string of the molecule is Cn1cc(C(=O)CCC2CCCC2c2cccc(F)c2)c2cc(-c3ccn4nc(NC(=O)C5CC5)cc4n3)ccc21. The van der Waals surface area contributed by atoms with E-state index in [0.29, 0.717) is 29.7 Å². The third-order valence-corrected chi connectivity index (χ3v) is 8.79. The Hall–Kier alpha value is -4.33. The van der Waals surface area contributed by atoms with Crippen LogP contribution in [0.2, 0.25) is 0 Å². The zero-order chi connectivity index (χ0) is 28.1. The van der Waals surface area contributed by atoms with Crippen molar-refractivity contribution in [2.75, 3.05) is 5.32 Å². The average Bonchev–Trinajstić information content (AvgIpc) is 3.45. The fraction of sp³-hybridized carbons (Fsp3) is 0.333. The molecule has 2 unspecified atom stereocenters. The molecule has 3 heterocycles. The topological polar surface area (TPSA) is 81.3 Å². The third-order valence-electron chi connectivity index (χ3n) is 8.79. The number of amides is 1. The monoisotopic (exact) mass is 549 g/mol. The van der Waals surface area contributed by atoms with E-state index in [-0.39, 0.29) is 23.4 Å². The van der Waals surface area contributed by atoms with E-state index in [2.05, 4.69) is 10.4 Å². The molecule has 2 saturated carbocycles. The molecule has 2 aromatic carbocycles. The van der Waals surface area contributed by atoms with Gasteiger partial charge in [-0.25, -0.2) is 13.9 Å². The van der Waals surface area contributed by atoms with Gasteiger partial charge in [0.25, 0.3) is 0 Å². The van der Waals surface area contributed by atoms with Crippen molar-refractivity contribution in [1.29, 1.82) is 0 Å². The smallest absolute Gasteiger partial charge is 0.228 e. The van der Waals surface area contributed by atoms with E-state index >= 15 is 0 Å². The first-order valence-electron chi connectivity index (χ1n) is 14.5. The number of nitrogens with zero attached hydrogens (tertiary/aromatic N) is 4. The molecular weight excluding hydrogens is 517 g/mol. The molecule has 7 rings (SSSR count). The number of rotatable bonds is 8. The van der Waals surface area contributed by atoms with Crippen molar-refractivity contribution in [1.82, 2.24) is 19.2 Å². The van der Waals surface area contributed by atoms with E-state index < -0.39 is 0 Å². The maximum absolute atomic E-state index is 13.9. The Labute approximate surface area is 237 Å². The highest BCUT2D eigenvalue weighted by atomic mass is 19.1. The Kier molecular flexibility index (Phi) is 6.41. The molecule has 2 atom stereocenters. The molecule has 5 aromatic rings. The molecule has 2 aliphatic rings. The van der Waals surface area contributed by atoms with E-state index in [1.807, 2.05) is 54.3 Å². The van der Waals surface area contributed by atoms with E-state index in [1.165, 1.54) is 6.07 Å². The second kappa shape index (κ2) is 10.3. The highest BCUT2D eigenvalue weighted by Crippen LogP contribution is 2.42. The van der Waals surface area contributed by atoms with Gasteiger partial charge in [-0.05, 0) is 79.8 Å². The van der Waals surface area contributed by atoms with Crippen LogP contribution < -0.4 is 5.32 Å².